The van der Waals surface area contributed by atoms with Crippen LogP contribution >= 0.6 is 22.9 Å². The molecule has 0 amide bonds. The molecule has 2 nitrogen and oxygen atoms in total. The van der Waals surface area contributed by atoms with Gasteiger partial charge in [-0.05, 0) is 42.7 Å². The number of halogens is 3. The number of hydrogen-bond donors (Lipinski definition) is 1. The summed E-state index contributed by atoms with van der Waals surface area (Å²) in [5.41, 5.74) is 6.33. The number of nitrogens with two attached hydrogens (primary N) is 1. The van der Waals surface area contributed by atoms with E-state index < -0.39 is 11.6 Å². The molecule has 1 aromatic heterocycles. The van der Waals surface area contributed by atoms with Crippen molar-refractivity contribution < 1.29 is 13.5 Å². The number of ether oxygens (including phenoxy) is 1. The lowest BCUT2D eigenvalue weighted by atomic mass is 10.0. The number of hydrogen-bond acceptors (Lipinski definition) is 3. The van der Waals surface area contributed by atoms with Gasteiger partial charge in [-0.25, -0.2) is 8.78 Å². The van der Waals surface area contributed by atoms with Crippen LogP contribution in [-0.4, -0.2) is 6.04 Å². The third-order valence-electron chi connectivity index (χ3n) is 3.07. The quantitative estimate of drug-likeness (QED) is 0.843. The third-order valence-corrected chi connectivity index (χ3v) is 4.27. The van der Waals surface area contributed by atoms with Crippen molar-refractivity contribution in [2.24, 2.45) is 5.73 Å². The summed E-state index contributed by atoms with van der Waals surface area (Å²) in [4.78, 5) is 0.802. The normalized spacial score (nSPS) is 12.4. The Morgan fingerprint density at radius 1 is 1.29 bits per heavy atom. The fourth-order valence-corrected chi connectivity index (χ4v) is 2.89. The van der Waals surface area contributed by atoms with Gasteiger partial charge in [0.15, 0.2) is 17.4 Å². The van der Waals surface area contributed by atoms with Crippen molar-refractivity contribution in [1.82, 2.24) is 0 Å². The van der Waals surface area contributed by atoms with Crippen molar-refractivity contribution in [1.29, 1.82) is 0 Å². The Morgan fingerprint density at radius 3 is 2.48 bits per heavy atom. The molecule has 0 aliphatic rings. The average Bonchev–Trinajstić information content (AvgIpc) is 2.83. The molecule has 0 radical (unpaired) electrons. The van der Waals surface area contributed by atoms with Gasteiger partial charge >= 0.3 is 0 Å². The van der Waals surface area contributed by atoms with Crippen LogP contribution in [0.15, 0.2) is 24.3 Å². The molecule has 2 N–H and O–H groups in total. The Balaban J connectivity index is 2.09. The minimum absolute atomic E-state index is 0.0824. The van der Waals surface area contributed by atoms with Crippen LogP contribution in [0, 0.1) is 11.6 Å². The summed E-state index contributed by atoms with van der Waals surface area (Å²) >= 11 is 7.10. The molecule has 6 heteroatoms. The summed E-state index contributed by atoms with van der Waals surface area (Å²) in [5.74, 6) is -1.79. The lowest BCUT2D eigenvalue weighted by Gasteiger charge is -2.12. The largest absolute Gasteiger partial charge is 0.482 e. The first-order chi connectivity index (χ1) is 9.99. The molecular weight excluding hydrogens is 316 g/mol. The summed E-state index contributed by atoms with van der Waals surface area (Å²) in [6.45, 7) is 2.01. The fourth-order valence-electron chi connectivity index (χ4n) is 1.89. The van der Waals surface area contributed by atoms with Crippen LogP contribution in [0.4, 0.5) is 8.78 Å². The SMILES string of the molecule is CCC(N)Cc1cc(F)c(OCc2ccc(Cl)s2)c(F)c1. The molecule has 114 valence electrons. The number of benzene rings is 1. The Kier molecular flexibility index (Phi) is 5.56. The Hall–Kier alpha value is -1.17. The smallest absolute Gasteiger partial charge is 0.191 e. The highest BCUT2D eigenvalue weighted by Crippen LogP contribution is 2.27. The highest BCUT2D eigenvalue weighted by Gasteiger charge is 2.14. The minimum Gasteiger partial charge on any atom is -0.482 e. The van der Waals surface area contributed by atoms with E-state index >= 15 is 0 Å². The third kappa shape index (κ3) is 4.40. The van der Waals surface area contributed by atoms with E-state index in [-0.39, 0.29) is 18.4 Å². The number of rotatable bonds is 6. The summed E-state index contributed by atoms with van der Waals surface area (Å²) in [5, 5.41) is 0. The molecule has 0 bridgehead atoms. The first-order valence-electron chi connectivity index (χ1n) is 6.60. The van der Waals surface area contributed by atoms with Crippen molar-refractivity contribution in [3.05, 3.63) is 50.7 Å². The van der Waals surface area contributed by atoms with E-state index in [2.05, 4.69) is 0 Å². The van der Waals surface area contributed by atoms with Crippen LogP contribution < -0.4 is 10.5 Å². The van der Waals surface area contributed by atoms with Crippen LogP contribution in [0.2, 0.25) is 4.34 Å². The molecular formula is C15H16ClF2NOS. The van der Waals surface area contributed by atoms with E-state index in [4.69, 9.17) is 22.1 Å². The summed E-state index contributed by atoms with van der Waals surface area (Å²) in [6, 6.07) is 5.92. The Bertz CT molecular complexity index is 594. The first-order valence-corrected chi connectivity index (χ1v) is 7.79. The zero-order valence-corrected chi connectivity index (χ0v) is 13.1. The van der Waals surface area contributed by atoms with Crippen LogP contribution in [-0.2, 0) is 13.0 Å². The summed E-state index contributed by atoms with van der Waals surface area (Å²) in [6.07, 6.45) is 1.19. The van der Waals surface area contributed by atoms with Gasteiger partial charge in [0.2, 0.25) is 0 Å². The maximum atomic E-state index is 13.9. The van der Waals surface area contributed by atoms with Gasteiger partial charge in [0.25, 0.3) is 0 Å². The minimum atomic E-state index is -0.712. The van der Waals surface area contributed by atoms with Gasteiger partial charge in [0.1, 0.15) is 6.61 Å². The van der Waals surface area contributed by atoms with Gasteiger partial charge in [-0.2, -0.15) is 0 Å². The molecule has 0 saturated carbocycles. The average molecular weight is 332 g/mol. The van der Waals surface area contributed by atoms with Gasteiger partial charge in [0.05, 0.1) is 4.34 Å². The van der Waals surface area contributed by atoms with Crippen molar-refractivity contribution in [2.45, 2.75) is 32.4 Å². The second-order valence-electron chi connectivity index (χ2n) is 4.76. The van der Waals surface area contributed by atoms with Crippen molar-refractivity contribution >= 4 is 22.9 Å². The van der Waals surface area contributed by atoms with Crippen LogP contribution in [0.5, 0.6) is 5.75 Å². The summed E-state index contributed by atoms with van der Waals surface area (Å²) in [7, 11) is 0. The predicted molar refractivity (Wildman–Crippen MR) is 82.0 cm³/mol. The predicted octanol–water partition coefficient (Wildman–Crippen LogP) is 4.54. The number of thiophene rings is 1. The van der Waals surface area contributed by atoms with E-state index in [0.29, 0.717) is 16.3 Å². The fraction of sp³-hybridized carbons (Fsp3) is 0.333. The molecule has 2 aromatic rings. The first kappa shape index (κ1) is 16.2. The molecule has 0 aliphatic carbocycles. The lowest BCUT2D eigenvalue weighted by Crippen LogP contribution is -2.21. The highest BCUT2D eigenvalue weighted by molar-refractivity contribution is 7.16. The Morgan fingerprint density at radius 2 is 1.95 bits per heavy atom. The molecule has 1 heterocycles. The zero-order valence-electron chi connectivity index (χ0n) is 11.5. The second kappa shape index (κ2) is 7.20. The zero-order chi connectivity index (χ0) is 15.4. The molecule has 0 aliphatic heterocycles. The van der Waals surface area contributed by atoms with Crippen molar-refractivity contribution in [3.8, 4) is 5.75 Å². The molecule has 0 saturated heterocycles. The van der Waals surface area contributed by atoms with Gasteiger partial charge in [-0.3, -0.25) is 0 Å². The van der Waals surface area contributed by atoms with Crippen molar-refractivity contribution in [3.63, 3.8) is 0 Å². The van der Waals surface area contributed by atoms with Crippen LogP contribution in [0.25, 0.3) is 0 Å². The lowest BCUT2D eigenvalue weighted by molar-refractivity contribution is 0.276. The molecule has 21 heavy (non-hydrogen) atoms. The van der Waals surface area contributed by atoms with E-state index in [0.717, 1.165) is 11.3 Å². The molecule has 1 atom stereocenters. The van der Waals surface area contributed by atoms with Gasteiger partial charge in [-0.1, -0.05) is 18.5 Å². The van der Waals surface area contributed by atoms with Gasteiger partial charge < -0.3 is 10.5 Å². The van der Waals surface area contributed by atoms with Gasteiger partial charge in [-0.15, -0.1) is 11.3 Å². The maximum absolute atomic E-state index is 13.9. The maximum Gasteiger partial charge on any atom is 0.191 e. The molecule has 2 rings (SSSR count). The molecule has 1 aromatic carbocycles. The molecule has 1 unspecified atom stereocenters. The molecule has 0 spiro atoms. The van der Waals surface area contributed by atoms with Crippen molar-refractivity contribution in [2.75, 3.05) is 0 Å². The topological polar surface area (TPSA) is 35.2 Å². The van der Waals surface area contributed by atoms with E-state index in [9.17, 15) is 8.78 Å². The standard InChI is InChI=1S/C15H16ClF2NOS/c1-2-10(19)5-9-6-12(17)15(13(18)7-9)20-8-11-3-4-14(16)21-11/h3-4,6-7,10H,2,5,8,19H2,1H3. The van der Waals surface area contributed by atoms with E-state index in [1.54, 1.807) is 12.1 Å². The van der Waals surface area contributed by atoms with Crippen LogP contribution in [0.3, 0.4) is 0 Å². The van der Waals surface area contributed by atoms with E-state index in [1.165, 1.54) is 23.5 Å². The van der Waals surface area contributed by atoms with Gasteiger partial charge in [0, 0.05) is 10.9 Å². The highest BCUT2D eigenvalue weighted by atomic mass is 35.5. The summed E-state index contributed by atoms with van der Waals surface area (Å²) < 4.78 is 33.7. The Labute approximate surface area is 131 Å². The van der Waals surface area contributed by atoms with Crippen LogP contribution in [0.1, 0.15) is 23.8 Å². The molecule has 0 fully saturated rings. The second-order valence-corrected chi connectivity index (χ2v) is 6.56. The van der Waals surface area contributed by atoms with E-state index in [1.807, 2.05) is 6.92 Å². The monoisotopic (exact) mass is 331 g/mol.